The molecule has 253 valence electrons. The van der Waals surface area contributed by atoms with Crippen molar-refractivity contribution in [2.75, 3.05) is 14.1 Å². The number of rotatable bonds is 4. The quantitative estimate of drug-likeness (QED) is 0.104. The van der Waals surface area contributed by atoms with Gasteiger partial charge in [-0.05, 0) is 96.1 Å². The summed E-state index contributed by atoms with van der Waals surface area (Å²) in [7, 11) is 1.23. The zero-order valence-corrected chi connectivity index (χ0v) is 31.7. The van der Waals surface area contributed by atoms with E-state index >= 15 is 0 Å². The Labute approximate surface area is 302 Å². The SMILES string of the molecule is CC(C)[Si](C#Cc1c2cc3ccccc3cc2c(C#Cc2cccc(C3=NN(C)C(=O)N(C)[N]3)c2)c2cc3ccccc3cc12)(C(C)C)C(C)C. The molecule has 0 N–H and O–H groups in total. The van der Waals surface area contributed by atoms with Crippen LogP contribution in [-0.2, 0) is 0 Å². The van der Waals surface area contributed by atoms with E-state index in [1.165, 1.54) is 31.6 Å². The Hall–Kier alpha value is -5.56. The van der Waals surface area contributed by atoms with Gasteiger partial charge < -0.3 is 0 Å². The number of amides is 2. The lowest BCUT2D eigenvalue weighted by Crippen LogP contribution is -2.48. The van der Waals surface area contributed by atoms with Crippen LogP contribution in [0.4, 0.5) is 4.79 Å². The Bertz CT molecular complexity index is 2410. The van der Waals surface area contributed by atoms with Crippen molar-refractivity contribution < 1.29 is 4.79 Å². The number of benzene rings is 6. The summed E-state index contributed by atoms with van der Waals surface area (Å²) < 4.78 is 0. The summed E-state index contributed by atoms with van der Waals surface area (Å²) >= 11 is 0. The van der Waals surface area contributed by atoms with E-state index in [-0.39, 0.29) is 6.03 Å². The summed E-state index contributed by atoms with van der Waals surface area (Å²) in [5.74, 6) is 11.5. The van der Waals surface area contributed by atoms with Crippen molar-refractivity contribution >= 4 is 63.0 Å². The fourth-order valence-electron chi connectivity index (χ4n) is 8.06. The van der Waals surface area contributed by atoms with Crippen LogP contribution in [0.5, 0.6) is 0 Å². The molecule has 1 heterocycles. The van der Waals surface area contributed by atoms with Crippen molar-refractivity contribution in [1.82, 2.24) is 15.4 Å². The minimum Gasteiger partial charge on any atom is -0.244 e. The van der Waals surface area contributed by atoms with Crippen molar-refractivity contribution in [3.8, 4) is 23.3 Å². The summed E-state index contributed by atoms with van der Waals surface area (Å²) in [6, 6.07) is 33.9. The third kappa shape index (κ3) is 6.01. The minimum absolute atomic E-state index is 0.285. The molecule has 6 heteroatoms. The number of hydrazone groups is 1. The average molecular weight is 684 g/mol. The molecule has 0 saturated carbocycles. The molecule has 5 nitrogen and oxygen atoms in total. The number of nitrogens with zero attached hydrogens (tertiary/aromatic N) is 4. The first-order chi connectivity index (χ1) is 24.5. The summed E-state index contributed by atoms with van der Waals surface area (Å²) in [5, 5.41) is 16.2. The summed E-state index contributed by atoms with van der Waals surface area (Å²) in [4.78, 5) is 12.2. The van der Waals surface area contributed by atoms with Gasteiger partial charge in [0.2, 0.25) is 0 Å². The third-order valence-corrected chi connectivity index (χ3v) is 16.9. The minimum atomic E-state index is -2.03. The maximum atomic E-state index is 12.2. The van der Waals surface area contributed by atoms with Gasteiger partial charge in [-0.2, -0.15) is 0 Å². The van der Waals surface area contributed by atoms with Gasteiger partial charge in [-0.1, -0.05) is 120 Å². The second kappa shape index (κ2) is 13.3. The molecule has 0 atom stereocenters. The molecular weight excluding hydrogens is 641 g/mol. The van der Waals surface area contributed by atoms with Crippen molar-refractivity contribution in [2.45, 2.75) is 58.2 Å². The van der Waals surface area contributed by atoms with E-state index in [0.29, 0.717) is 22.5 Å². The van der Waals surface area contributed by atoms with Crippen LogP contribution in [0.15, 0.2) is 102 Å². The normalized spacial score (nSPS) is 13.5. The average Bonchev–Trinajstić information content (AvgIpc) is 3.11. The molecule has 1 radical (unpaired) electrons. The molecule has 0 saturated heterocycles. The molecule has 0 fully saturated rings. The highest BCUT2D eigenvalue weighted by atomic mass is 28.3. The number of urea groups is 1. The van der Waals surface area contributed by atoms with E-state index in [0.717, 1.165) is 43.8 Å². The second-order valence-electron chi connectivity index (χ2n) is 14.6. The zero-order chi connectivity index (χ0) is 36.0. The predicted molar refractivity (Wildman–Crippen MR) is 216 cm³/mol. The van der Waals surface area contributed by atoms with Crippen LogP contribution in [0.25, 0.3) is 43.1 Å². The van der Waals surface area contributed by atoms with Crippen LogP contribution in [0.1, 0.15) is 63.8 Å². The largest absolute Gasteiger partial charge is 0.360 e. The third-order valence-electron chi connectivity index (χ3n) is 10.6. The number of carbonyl (C=O) groups excluding carboxylic acids is 1. The van der Waals surface area contributed by atoms with Crippen molar-refractivity contribution in [1.29, 1.82) is 0 Å². The van der Waals surface area contributed by atoms with Crippen LogP contribution < -0.4 is 5.43 Å². The molecule has 7 rings (SSSR count). The van der Waals surface area contributed by atoms with Crippen LogP contribution >= 0.6 is 0 Å². The molecule has 6 aromatic rings. The van der Waals surface area contributed by atoms with Crippen molar-refractivity contribution in [3.05, 3.63) is 119 Å². The van der Waals surface area contributed by atoms with Crippen molar-refractivity contribution in [3.63, 3.8) is 0 Å². The van der Waals surface area contributed by atoms with E-state index in [4.69, 9.17) is 0 Å². The van der Waals surface area contributed by atoms with Gasteiger partial charge in [0.05, 0.1) is 0 Å². The molecule has 1 aliphatic rings. The Kier molecular flexibility index (Phi) is 8.83. The lowest BCUT2D eigenvalue weighted by Gasteiger charge is -2.38. The highest BCUT2D eigenvalue weighted by Crippen LogP contribution is 2.42. The van der Waals surface area contributed by atoms with Gasteiger partial charge in [0.1, 0.15) is 8.07 Å². The van der Waals surface area contributed by atoms with E-state index in [2.05, 4.69) is 148 Å². The van der Waals surface area contributed by atoms with Gasteiger partial charge in [0, 0.05) is 36.3 Å². The van der Waals surface area contributed by atoms with Gasteiger partial charge in [-0.25, -0.2) is 14.8 Å². The molecule has 1 aliphatic heterocycles. The number of hydrogen-bond donors (Lipinski definition) is 0. The molecule has 51 heavy (non-hydrogen) atoms. The molecule has 0 aliphatic carbocycles. The predicted octanol–water partition coefficient (Wildman–Crippen LogP) is 10.4. The van der Waals surface area contributed by atoms with Crippen molar-refractivity contribution in [2.24, 2.45) is 5.10 Å². The van der Waals surface area contributed by atoms with Gasteiger partial charge in [-0.3, -0.25) is 0 Å². The fourth-order valence-corrected chi connectivity index (χ4v) is 13.3. The molecule has 0 aromatic heterocycles. The number of fused-ring (bicyclic) bond motifs is 4. The molecule has 2 amide bonds. The highest BCUT2D eigenvalue weighted by molar-refractivity contribution is 6.90. The van der Waals surface area contributed by atoms with Crippen LogP contribution in [0.2, 0.25) is 16.6 Å². The van der Waals surface area contributed by atoms with Crippen LogP contribution in [-0.4, -0.2) is 44.1 Å². The summed E-state index contributed by atoms with van der Waals surface area (Å²) in [5.41, 5.74) is 13.7. The first-order valence-electron chi connectivity index (χ1n) is 17.8. The zero-order valence-electron chi connectivity index (χ0n) is 30.7. The van der Waals surface area contributed by atoms with Gasteiger partial charge in [-0.15, -0.1) is 16.1 Å². The van der Waals surface area contributed by atoms with E-state index < -0.39 is 8.07 Å². The Balaban J connectivity index is 1.53. The Morgan fingerprint density at radius 3 is 1.49 bits per heavy atom. The van der Waals surface area contributed by atoms with Crippen LogP contribution in [0.3, 0.4) is 0 Å². The van der Waals surface area contributed by atoms with Gasteiger partial charge in [0.15, 0.2) is 5.84 Å². The van der Waals surface area contributed by atoms with E-state index in [1.807, 2.05) is 24.3 Å². The number of hydrogen-bond acceptors (Lipinski definition) is 2. The molecule has 0 bridgehead atoms. The highest BCUT2D eigenvalue weighted by Gasteiger charge is 2.41. The molecule has 0 unspecified atom stereocenters. The van der Waals surface area contributed by atoms with E-state index in [9.17, 15) is 4.79 Å². The first kappa shape index (κ1) is 33.9. The number of carbonyl (C=O) groups is 1. The summed E-state index contributed by atoms with van der Waals surface area (Å²) in [6.07, 6.45) is 0. The Morgan fingerprint density at radius 2 is 1.04 bits per heavy atom. The topological polar surface area (TPSA) is 50.0 Å². The standard InChI is InChI=1S/C45H43N4OSi/c1-29(2)51(30(3)4,31(5)6)23-22-39-42-27-35-17-11-9-15-33(35)25-40(42)38(41-26-34-16-10-12-18-36(34)28-43(39)41)21-20-32-14-13-19-37(24-32)44-46-48(7)45(50)49(8)47-44/h9-19,24-31H,1-8H3. The van der Waals surface area contributed by atoms with E-state index in [1.54, 1.807) is 14.1 Å². The first-order valence-corrected chi connectivity index (χ1v) is 20.0. The lowest BCUT2D eigenvalue weighted by atomic mass is 9.89. The summed E-state index contributed by atoms with van der Waals surface area (Å²) in [6.45, 7) is 14.2. The molecule has 0 spiro atoms. The monoisotopic (exact) mass is 683 g/mol. The maximum absolute atomic E-state index is 12.2. The smallest absolute Gasteiger partial charge is 0.244 e. The van der Waals surface area contributed by atoms with Crippen LogP contribution in [0, 0.1) is 23.3 Å². The van der Waals surface area contributed by atoms with Gasteiger partial charge in [0.25, 0.3) is 0 Å². The maximum Gasteiger partial charge on any atom is 0.360 e. The second-order valence-corrected chi connectivity index (χ2v) is 20.2. The molecular formula is C45H43N4OSi. The number of amidine groups is 1. The Morgan fingerprint density at radius 1 is 0.569 bits per heavy atom. The fraction of sp³-hybridized carbons (Fsp3) is 0.244. The van der Waals surface area contributed by atoms with Gasteiger partial charge >= 0.3 is 6.03 Å². The lowest BCUT2D eigenvalue weighted by molar-refractivity contribution is 0.155. The molecule has 6 aromatic carbocycles.